The number of piperidine rings is 1. The average molecular weight is 359 g/mol. The standard InChI is InChI=1S/C17H24ClFN2O3/c1-24-16(22)21-10-4-8-17(23,12-5-3-9-20-11-12)13-6-2-7-14(18)15(13)19/h2,6-7,12,20,23H,3-5,8-11H2,1H3,(H,21,22)/t12-,17+/m1/s1. The van der Waals surface area contributed by atoms with Gasteiger partial charge in [0.15, 0.2) is 0 Å². The smallest absolute Gasteiger partial charge is 0.406 e. The fourth-order valence-corrected chi connectivity index (χ4v) is 3.45. The summed E-state index contributed by atoms with van der Waals surface area (Å²) in [6.45, 7) is 1.86. The van der Waals surface area contributed by atoms with Gasteiger partial charge in [-0.2, -0.15) is 0 Å². The number of alkyl carbamates (subject to hydrolysis) is 1. The van der Waals surface area contributed by atoms with Crippen molar-refractivity contribution < 1.29 is 19.0 Å². The Morgan fingerprint density at radius 2 is 2.38 bits per heavy atom. The Kier molecular flexibility index (Phi) is 6.83. The van der Waals surface area contributed by atoms with Crippen molar-refractivity contribution in [3.05, 3.63) is 34.6 Å². The molecule has 0 aromatic heterocycles. The topological polar surface area (TPSA) is 70.6 Å². The number of hydrogen-bond donors (Lipinski definition) is 3. The van der Waals surface area contributed by atoms with Crippen LogP contribution in [-0.4, -0.2) is 37.9 Å². The van der Waals surface area contributed by atoms with Crippen LogP contribution in [0, 0.1) is 11.7 Å². The van der Waals surface area contributed by atoms with Crippen molar-refractivity contribution in [2.24, 2.45) is 5.92 Å². The van der Waals surface area contributed by atoms with Crippen molar-refractivity contribution in [3.63, 3.8) is 0 Å². The first kappa shape index (κ1) is 19.0. The van der Waals surface area contributed by atoms with Crippen molar-refractivity contribution in [3.8, 4) is 0 Å². The van der Waals surface area contributed by atoms with Crippen molar-refractivity contribution in [1.29, 1.82) is 0 Å². The summed E-state index contributed by atoms with van der Waals surface area (Å²) in [5, 5.41) is 17.2. The van der Waals surface area contributed by atoms with E-state index in [4.69, 9.17) is 11.6 Å². The van der Waals surface area contributed by atoms with Gasteiger partial charge in [-0.25, -0.2) is 9.18 Å². The molecule has 1 aliphatic heterocycles. The molecule has 134 valence electrons. The zero-order chi connectivity index (χ0) is 17.6. The van der Waals surface area contributed by atoms with E-state index in [1.165, 1.54) is 13.2 Å². The highest BCUT2D eigenvalue weighted by molar-refractivity contribution is 6.30. The van der Waals surface area contributed by atoms with Gasteiger partial charge in [-0.1, -0.05) is 23.7 Å². The molecule has 0 spiro atoms. The van der Waals surface area contributed by atoms with E-state index in [2.05, 4.69) is 15.4 Å². The van der Waals surface area contributed by atoms with Crippen LogP contribution >= 0.6 is 11.6 Å². The lowest BCUT2D eigenvalue weighted by molar-refractivity contribution is -0.0447. The molecular formula is C17H24ClFN2O3. The van der Waals surface area contributed by atoms with Crippen LogP contribution in [0.5, 0.6) is 0 Å². The number of benzene rings is 1. The predicted molar refractivity (Wildman–Crippen MR) is 90.5 cm³/mol. The first-order valence-corrected chi connectivity index (χ1v) is 8.56. The number of hydrogen-bond acceptors (Lipinski definition) is 4. The van der Waals surface area contributed by atoms with Crippen molar-refractivity contribution in [2.75, 3.05) is 26.7 Å². The third-order valence-electron chi connectivity index (χ3n) is 4.58. The van der Waals surface area contributed by atoms with E-state index in [9.17, 15) is 14.3 Å². The van der Waals surface area contributed by atoms with Gasteiger partial charge in [-0.15, -0.1) is 0 Å². The maximum Gasteiger partial charge on any atom is 0.406 e. The first-order valence-electron chi connectivity index (χ1n) is 8.18. The first-order chi connectivity index (χ1) is 11.5. The number of methoxy groups -OCH3 is 1. The molecule has 1 aromatic carbocycles. The maximum absolute atomic E-state index is 14.5. The van der Waals surface area contributed by atoms with E-state index >= 15 is 0 Å². The molecule has 1 saturated heterocycles. The Bertz CT molecular complexity index is 567. The molecule has 2 atom stereocenters. The van der Waals surface area contributed by atoms with E-state index in [0.29, 0.717) is 25.9 Å². The number of rotatable bonds is 6. The van der Waals surface area contributed by atoms with E-state index in [1.807, 2.05) is 0 Å². The second-order valence-corrected chi connectivity index (χ2v) is 6.50. The van der Waals surface area contributed by atoms with E-state index in [1.54, 1.807) is 12.1 Å². The van der Waals surface area contributed by atoms with Crippen LogP contribution in [0.2, 0.25) is 5.02 Å². The quantitative estimate of drug-likeness (QED) is 0.684. The van der Waals surface area contributed by atoms with Gasteiger partial charge in [0, 0.05) is 24.6 Å². The molecule has 24 heavy (non-hydrogen) atoms. The van der Waals surface area contributed by atoms with Gasteiger partial charge in [-0.3, -0.25) is 0 Å². The third-order valence-corrected chi connectivity index (χ3v) is 4.87. The molecule has 7 heteroatoms. The van der Waals surface area contributed by atoms with Gasteiger partial charge in [-0.05, 0) is 38.3 Å². The van der Waals surface area contributed by atoms with Gasteiger partial charge in [0.1, 0.15) is 5.82 Å². The minimum Gasteiger partial charge on any atom is -0.453 e. The molecule has 0 unspecified atom stereocenters. The lowest BCUT2D eigenvalue weighted by Gasteiger charge is -2.39. The molecule has 1 heterocycles. The molecule has 2 rings (SSSR count). The summed E-state index contributed by atoms with van der Waals surface area (Å²) in [6.07, 6.45) is 2.02. The van der Waals surface area contributed by atoms with Gasteiger partial charge >= 0.3 is 6.09 Å². The Morgan fingerprint density at radius 1 is 1.58 bits per heavy atom. The Labute approximate surface area is 146 Å². The lowest BCUT2D eigenvalue weighted by atomic mass is 9.74. The van der Waals surface area contributed by atoms with Crippen molar-refractivity contribution >= 4 is 17.7 Å². The van der Waals surface area contributed by atoms with Crippen LogP contribution in [-0.2, 0) is 10.3 Å². The number of aliphatic hydroxyl groups is 1. The average Bonchev–Trinajstić information content (AvgIpc) is 2.61. The zero-order valence-electron chi connectivity index (χ0n) is 13.8. The highest BCUT2D eigenvalue weighted by Crippen LogP contribution is 2.40. The highest BCUT2D eigenvalue weighted by Gasteiger charge is 2.40. The molecule has 3 N–H and O–H groups in total. The minimum atomic E-state index is -1.33. The van der Waals surface area contributed by atoms with Gasteiger partial charge in [0.05, 0.1) is 17.7 Å². The molecule has 1 fully saturated rings. The molecule has 0 bridgehead atoms. The predicted octanol–water partition coefficient (Wildman–Crippen LogP) is 2.80. The minimum absolute atomic E-state index is 0.00220. The van der Waals surface area contributed by atoms with Crippen LogP contribution in [0.3, 0.4) is 0 Å². The summed E-state index contributed by atoms with van der Waals surface area (Å²) in [5.41, 5.74) is -1.11. The van der Waals surface area contributed by atoms with E-state index in [-0.39, 0.29) is 16.5 Å². The van der Waals surface area contributed by atoms with Crippen LogP contribution in [0.15, 0.2) is 18.2 Å². The van der Waals surface area contributed by atoms with E-state index < -0.39 is 17.5 Å². The molecule has 1 amide bonds. The molecule has 0 radical (unpaired) electrons. The van der Waals surface area contributed by atoms with Gasteiger partial charge < -0.3 is 20.5 Å². The van der Waals surface area contributed by atoms with Crippen LogP contribution in [0.4, 0.5) is 9.18 Å². The van der Waals surface area contributed by atoms with Crippen LogP contribution < -0.4 is 10.6 Å². The number of amides is 1. The lowest BCUT2D eigenvalue weighted by Crippen LogP contribution is -2.45. The van der Waals surface area contributed by atoms with Crippen LogP contribution in [0.25, 0.3) is 0 Å². The SMILES string of the molecule is COC(=O)NCCC[C@@](O)(c1cccc(Cl)c1F)[C@@H]1CCCNC1. The number of halogens is 2. The van der Waals surface area contributed by atoms with Gasteiger partial charge in [0.25, 0.3) is 0 Å². The fourth-order valence-electron chi connectivity index (χ4n) is 3.28. The summed E-state index contributed by atoms with van der Waals surface area (Å²) < 4.78 is 19.1. The maximum atomic E-state index is 14.5. The van der Waals surface area contributed by atoms with Crippen molar-refractivity contribution in [2.45, 2.75) is 31.3 Å². The number of ether oxygens (including phenoxy) is 1. The number of carbonyl (C=O) groups is 1. The Hall–Kier alpha value is -1.37. The number of nitrogens with one attached hydrogen (secondary N) is 2. The largest absolute Gasteiger partial charge is 0.453 e. The summed E-state index contributed by atoms with van der Waals surface area (Å²) in [5.74, 6) is -0.689. The van der Waals surface area contributed by atoms with E-state index in [0.717, 1.165) is 19.4 Å². The monoisotopic (exact) mass is 358 g/mol. The van der Waals surface area contributed by atoms with Crippen molar-refractivity contribution in [1.82, 2.24) is 10.6 Å². The summed E-state index contributed by atoms with van der Waals surface area (Å²) in [4.78, 5) is 11.1. The third kappa shape index (κ3) is 4.37. The fraction of sp³-hybridized carbons (Fsp3) is 0.588. The molecule has 0 saturated carbocycles. The summed E-state index contributed by atoms with van der Waals surface area (Å²) >= 11 is 5.91. The Morgan fingerprint density at radius 3 is 3.04 bits per heavy atom. The summed E-state index contributed by atoms with van der Waals surface area (Å²) in [7, 11) is 1.29. The Balaban J connectivity index is 2.17. The normalized spacial score (nSPS) is 20.2. The molecular weight excluding hydrogens is 335 g/mol. The summed E-state index contributed by atoms with van der Waals surface area (Å²) in [6, 6.07) is 4.71. The molecule has 1 aliphatic rings. The zero-order valence-corrected chi connectivity index (χ0v) is 14.5. The second-order valence-electron chi connectivity index (χ2n) is 6.09. The molecule has 5 nitrogen and oxygen atoms in total. The van der Waals surface area contributed by atoms with Crippen LogP contribution in [0.1, 0.15) is 31.2 Å². The second kappa shape index (κ2) is 8.65. The molecule has 0 aliphatic carbocycles. The van der Waals surface area contributed by atoms with Gasteiger partial charge in [0.2, 0.25) is 0 Å². The highest BCUT2D eigenvalue weighted by atomic mass is 35.5. The number of carbonyl (C=O) groups excluding carboxylic acids is 1. The molecule has 1 aromatic rings.